The molecule has 3 heteroatoms. The summed E-state index contributed by atoms with van der Waals surface area (Å²) in [5, 5.41) is 13.6. The highest BCUT2D eigenvalue weighted by Crippen LogP contribution is 2.33. The van der Waals surface area contributed by atoms with Crippen LogP contribution in [0.2, 0.25) is 0 Å². The molecule has 2 rings (SSSR count). The average molecular weight is 241 g/mol. The van der Waals surface area contributed by atoms with Gasteiger partial charge in [-0.3, -0.25) is 0 Å². The summed E-state index contributed by atoms with van der Waals surface area (Å²) in [6.45, 7) is 8.24. The number of rotatable bonds is 2. The summed E-state index contributed by atoms with van der Waals surface area (Å²) in [5.74, 6) is 1.56. The normalized spacial score (nSPS) is 48.0. The molecular formula is C14H27NO2. The van der Waals surface area contributed by atoms with Crippen LogP contribution in [0.4, 0.5) is 0 Å². The summed E-state index contributed by atoms with van der Waals surface area (Å²) in [4.78, 5) is 0. The Balaban J connectivity index is 1.88. The maximum atomic E-state index is 10.3. The predicted molar refractivity (Wildman–Crippen MR) is 69.0 cm³/mol. The highest BCUT2D eigenvalue weighted by molar-refractivity contribution is 4.91. The van der Waals surface area contributed by atoms with Gasteiger partial charge in [0.1, 0.15) is 0 Å². The predicted octanol–water partition coefficient (Wildman–Crippen LogP) is 1.94. The second-order valence-electron chi connectivity index (χ2n) is 6.33. The molecule has 1 heterocycles. The monoisotopic (exact) mass is 241 g/mol. The summed E-state index contributed by atoms with van der Waals surface area (Å²) in [6, 6.07) is 0. The van der Waals surface area contributed by atoms with Gasteiger partial charge in [-0.15, -0.1) is 0 Å². The second-order valence-corrected chi connectivity index (χ2v) is 6.33. The van der Waals surface area contributed by atoms with E-state index in [4.69, 9.17) is 4.74 Å². The van der Waals surface area contributed by atoms with E-state index >= 15 is 0 Å². The fourth-order valence-corrected chi connectivity index (χ4v) is 3.00. The lowest BCUT2D eigenvalue weighted by Gasteiger charge is -2.41. The van der Waals surface area contributed by atoms with Crippen molar-refractivity contribution in [1.29, 1.82) is 0 Å². The highest BCUT2D eigenvalue weighted by atomic mass is 16.5. The summed E-state index contributed by atoms with van der Waals surface area (Å²) >= 11 is 0. The van der Waals surface area contributed by atoms with Gasteiger partial charge in [-0.05, 0) is 51.0 Å². The van der Waals surface area contributed by atoms with E-state index in [0.29, 0.717) is 6.10 Å². The van der Waals surface area contributed by atoms with Crippen LogP contribution in [0.25, 0.3) is 0 Å². The molecular weight excluding hydrogens is 214 g/mol. The number of aliphatic hydroxyl groups is 1. The van der Waals surface area contributed by atoms with E-state index in [1.807, 2.05) is 6.92 Å². The number of nitrogens with one attached hydrogen (secondary N) is 1. The Morgan fingerprint density at radius 2 is 2.00 bits per heavy atom. The second kappa shape index (κ2) is 5.25. The van der Waals surface area contributed by atoms with E-state index in [1.165, 1.54) is 6.42 Å². The van der Waals surface area contributed by atoms with Crippen molar-refractivity contribution < 1.29 is 9.84 Å². The molecule has 5 unspecified atom stereocenters. The van der Waals surface area contributed by atoms with Gasteiger partial charge < -0.3 is 15.2 Å². The van der Waals surface area contributed by atoms with Crippen LogP contribution in [-0.2, 0) is 4.74 Å². The lowest BCUT2D eigenvalue weighted by Crippen LogP contribution is -2.54. The molecule has 17 heavy (non-hydrogen) atoms. The quantitative estimate of drug-likeness (QED) is 0.776. The van der Waals surface area contributed by atoms with Crippen molar-refractivity contribution in [3.05, 3.63) is 0 Å². The van der Waals surface area contributed by atoms with Gasteiger partial charge in [-0.1, -0.05) is 13.8 Å². The lowest BCUT2D eigenvalue weighted by atomic mass is 9.80. The van der Waals surface area contributed by atoms with Gasteiger partial charge in [-0.25, -0.2) is 0 Å². The molecule has 1 saturated heterocycles. The van der Waals surface area contributed by atoms with Gasteiger partial charge in [0.25, 0.3) is 0 Å². The maximum absolute atomic E-state index is 10.3. The Kier molecular flexibility index (Phi) is 4.11. The van der Waals surface area contributed by atoms with E-state index < -0.39 is 5.60 Å². The zero-order valence-electron chi connectivity index (χ0n) is 11.4. The molecule has 0 spiro atoms. The van der Waals surface area contributed by atoms with Gasteiger partial charge >= 0.3 is 0 Å². The smallest absolute Gasteiger partial charge is 0.0987 e. The van der Waals surface area contributed by atoms with E-state index in [9.17, 15) is 5.11 Å². The van der Waals surface area contributed by atoms with Crippen molar-refractivity contribution in [3.63, 3.8) is 0 Å². The summed E-state index contributed by atoms with van der Waals surface area (Å²) < 4.78 is 6.15. The molecule has 1 aliphatic carbocycles. The van der Waals surface area contributed by atoms with Crippen molar-refractivity contribution >= 4 is 0 Å². The minimum Gasteiger partial charge on any atom is -0.387 e. The topological polar surface area (TPSA) is 41.5 Å². The average Bonchev–Trinajstić information content (AvgIpc) is 2.26. The number of hydrogen-bond acceptors (Lipinski definition) is 3. The van der Waals surface area contributed by atoms with Crippen LogP contribution < -0.4 is 5.32 Å². The molecule has 1 saturated carbocycles. The Morgan fingerprint density at radius 1 is 1.24 bits per heavy atom. The minimum atomic E-state index is -0.655. The molecule has 0 aromatic rings. The van der Waals surface area contributed by atoms with E-state index in [-0.39, 0.29) is 6.10 Å². The Morgan fingerprint density at radius 3 is 2.65 bits per heavy atom. The van der Waals surface area contributed by atoms with Crippen LogP contribution in [0.15, 0.2) is 0 Å². The van der Waals surface area contributed by atoms with Crippen LogP contribution >= 0.6 is 0 Å². The Bertz CT molecular complexity index is 255. The number of hydrogen-bond donors (Lipinski definition) is 2. The van der Waals surface area contributed by atoms with Gasteiger partial charge in [-0.2, -0.15) is 0 Å². The minimum absolute atomic E-state index is 0.0399. The van der Waals surface area contributed by atoms with Crippen molar-refractivity contribution in [2.24, 2.45) is 11.8 Å². The standard InChI is InChI=1S/C14H27NO2/c1-10-4-5-12(8-11(10)2)17-13-9-15-7-6-14(13,3)16/h10-13,15-16H,4-9H2,1-3H3. The maximum Gasteiger partial charge on any atom is 0.0987 e. The molecule has 100 valence electrons. The van der Waals surface area contributed by atoms with E-state index in [1.54, 1.807) is 0 Å². The SMILES string of the molecule is CC1CCC(OC2CNCCC2(C)O)CC1C. The van der Waals surface area contributed by atoms with Crippen LogP contribution in [0, 0.1) is 11.8 Å². The van der Waals surface area contributed by atoms with Crippen LogP contribution in [0.1, 0.15) is 46.5 Å². The first kappa shape index (κ1) is 13.3. The zero-order chi connectivity index (χ0) is 12.5. The lowest BCUT2D eigenvalue weighted by molar-refractivity contribution is -0.149. The fourth-order valence-electron chi connectivity index (χ4n) is 3.00. The Labute approximate surface area is 105 Å². The fraction of sp³-hybridized carbons (Fsp3) is 1.00. The zero-order valence-corrected chi connectivity index (χ0v) is 11.4. The molecule has 2 aliphatic rings. The molecule has 0 radical (unpaired) electrons. The van der Waals surface area contributed by atoms with Gasteiger partial charge in [0.05, 0.1) is 17.8 Å². The molecule has 2 N–H and O–H groups in total. The van der Waals surface area contributed by atoms with Crippen LogP contribution in [0.3, 0.4) is 0 Å². The third kappa shape index (κ3) is 3.21. The summed E-state index contributed by atoms with van der Waals surface area (Å²) in [7, 11) is 0. The molecule has 0 aromatic heterocycles. The molecule has 5 atom stereocenters. The molecule has 2 fully saturated rings. The number of ether oxygens (including phenoxy) is 1. The first-order valence-corrected chi connectivity index (χ1v) is 7.07. The molecule has 3 nitrogen and oxygen atoms in total. The highest BCUT2D eigenvalue weighted by Gasteiger charge is 2.38. The Hall–Kier alpha value is -0.120. The van der Waals surface area contributed by atoms with Crippen molar-refractivity contribution in [3.8, 4) is 0 Å². The summed E-state index contributed by atoms with van der Waals surface area (Å²) in [6.07, 6.45) is 4.65. The third-order valence-electron chi connectivity index (χ3n) is 4.74. The van der Waals surface area contributed by atoms with Crippen molar-refractivity contribution in [2.75, 3.05) is 13.1 Å². The van der Waals surface area contributed by atoms with Crippen LogP contribution in [0.5, 0.6) is 0 Å². The van der Waals surface area contributed by atoms with E-state index in [2.05, 4.69) is 19.2 Å². The van der Waals surface area contributed by atoms with Gasteiger partial charge in [0, 0.05) is 6.54 Å². The van der Waals surface area contributed by atoms with Gasteiger partial charge in [0.15, 0.2) is 0 Å². The molecule has 0 aromatic carbocycles. The van der Waals surface area contributed by atoms with Crippen LogP contribution in [-0.4, -0.2) is 36.0 Å². The van der Waals surface area contributed by atoms with Crippen molar-refractivity contribution in [1.82, 2.24) is 5.32 Å². The van der Waals surface area contributed by atoms with Gasteiger partial charge in [0.2, 0.25) is 0 Å². The number of piperidine rings is 1. The first-order chi connectivity index (χ1) is 7.99. The molecule has 0 bridgehead atoms. The molecule has 1 aliphatic heterocycles. The molecule has 0 amide bonds. The summed E-state index contributed by atoms with van der Waals surface area (Å²) in [5.41, 5.74) is -0.655. The largest absolute Gasteiger partial charge is 0.387 e. The third-order valence-corrected chi connectivity index (χ3v) is 4.74. The van der Waals surface area contributed by atoms with E-state index in [0.717, 1.165) is 44.2 Å². The van der Waals surface area contributed by atoms with Crippen molar-refractivity contribution in [2.45, 2.75) is 64.3 Å². The first-order valence-electron chi connectivity index (χ1n) is 7.07.